The Morgan fingerprint density at radius 2 is 2.14 bits per heavy atom. The topological polar surface area (TPSA) is 73.1 Å². The van der Waals surface area contributed by atoms with Gasteiger partial charge in [-0.05, 0) is 47.9 Å². The summed E-state index contributed by atoms with van der Waals surface area (Å²) in [6.07, 6.45) is 2.89. The summed E-state index contributed by atoms with van der Waals surface area (Å²) in [5, 5.41) is 21.4. The molecule has 0 unspecified atom stereocenters. The van der Waals surface area contributed by atoms with Crippen LogP contribution in [0, 0.1) is 6.92 Å². The molecule has 0 bridgehead atoms. The predicted molar refractivity (Wildman–Crippen MR) is 82.1 cm³/mol. The summed E-state index contributed by atoms with van der Waals surface area (Å²) in [7, 11) is 1.64. The standard InChI is InChI=1S/C14H20N4O2S/c1-11-6-7-13(20-2)12(10-11)18-14(15-16-17-18)21-9-5-3-4-8-19/h6-7,10,19H,3-5,8-9H2,1-2H3. The Balaban J connectivity index is 2.11. The van der Waals surface area contributed by atoms with Gasteiger partial charge >= 0.3 is 0 Å². The van der Waals surface area contributed by atoms with Crippen LogP contribution in [-0.2, 0) is 0 Å². The molecule has 7 heteroatoms. The average Bonchev–Trinajstić information content (AvgIpc) is 2.95. The van der Waals surface area contributed by atoms with Crippen molar-refractivity contribution in [1.29, 1.82) is 0 Å². The van der Waals surface area contributed by atoms with Gasteiger partial charge in [0, 0.05) is 12.4 Å². The summed E-state index contributed by atoms with van der Waals surface area (Å²) in [5.41, 5.74) is 1.97. The van der Waals surface area contributed by atoms with Crippen LogP contribution in [0.4, 0.5) is 0 Å². The van der Waals surface area contributed by atoms with Crippen molar-refractivity contribution in [2.45, 2.75) is 31.3 Å². The van der Waals surface area contributed by atoms with Crippen molar-refractivity contribution >= 4 is 11.8 Å². The van der Waals surface area contributed by atoms with Crippen molar-refractivity contribution in [2.24, 2.45) is 0 Å². The summed E-state index contributed by atoms with van der Waals surface area (Å²) >= 11 is 1.61. The van der Waals surface area contributed by atoms with Crippen molar-refractivity contribution in [3.8, 4) is 11.4 Å². The molecule has 0 atom stereocenters. The molecule has 0 saturated heterocycles. The van der Waals surface area contributed by atoms with Crippen LogP contribution in [-0.4, -0.2) is 44.8 Å². The van der Waals surface area contributed by atoms with Gasteiger partial charge in [0.15, 0.2) is 0 Å². The van der Waals surface area contributed by atoms with Gasteiger partial charge in [0.1, 0.15) is 11.4 Å². The van der Waals surface area contributed by atoms with Crippen molar-refractivity contribution < 1.29 is 9.84 Å². The quantitative estimate of drug-likeness (QED) is 0.595. The lowest BCUT2D eigenvalue weighted by molar-refractivity contribution is 0.284. The molecule has 2 rings (SSSR count). The highest BCUT2D eigenvalue weighted by atomic mass is 32.2. The molecule has 0 spiro atoms. The fourth-order valence-corrected chi connectivity index (χ4v) is 2.82. The molecule has 0 radical (unpaired) electrons. The number of unbranched alkanes of at least 4 members (excludes halogenated alkanes) is 2. The van der Waals surface area contributed by atoms with Crippen molar-refractivity contribution in [1.82, 2.24) is 20.2 Å². The Bertz CT molecular complexity index is 574. The first-order valence-electron chi connectivity index (χ1n) is 6.93. The number of rotatable bonds is 8. The summed E-state index contributed by atoms with van der Waals surface area (Å²) in [6, 6.07) is 5.92. The first kappa shape index (κ1) is 15.8. The van der Waals surface area contributed by atoms with E-state index in [0.29, 0.717) is 0 Å². The van der Waals surface area contributed by atoms with E-state index in [-0.39, 0.29) is 6.61 Å². The zero-order chi connectivity index (χ0) is 15.1. The number of aliphatic hydroxyl groups is 1. The third-order valence-electron chi connectivity index (χ3n) is 3.04. The van der Waals surface area contributed by atoms with Crippen LogP contribution in [0.5, 0.6) is 5.75 Å². The van der Waals surface area contributed by atoms with Crippen molar-refractivity contribution in [2.75, 3.05) is 19.5 Å². The second kappa shape index (κ2) is 7.99. The molecule has 1 N–H and O–H groups in total. The van der Waals surface area contributed by atoms with E-state index in [1.807, 2.05) is 25.1 Å². The first-order chi connectivity index (χ1) is 10.3. The minimum Gasteiger partial charge on any atom is -0.494 e. The second-order valence-electron chi connectivity index (χ2n) is 4.68. The third-order valence-corrected chi connectivity index (χ3v) is 4.04. The Morgan fingerprint density at radius 1 is 1.29 bits per heavy atom. The number of nitrogens with zero attached hydrogens (tertiary/aromatic N) is 4. The molecular formula is C14H20N4O2S. The van der Waals surface area contributed by atoms with Crippen LogP contribution in [0.1, 0.15) is 24.8 Å². The Kier molecular flexibility index (Phi) is 6.01. The van der Waals surface area contributed by atoms with E-state index in [1.165, 1.54) is 0 Å². The van der Waals surface area contributed by atoms with Gasteiger partial charge in [0.2, 0.25) is 5.16 Å². The minimum absolute atomic E-state index is 0.253. The maximum atomic E-state index is 8.77. The molecule has 114 valence electrons. The fraction of sp³-hybridized carbons (Fsp3) is 0.500. The first-order valence-corrected chi connectivity index (χ1v) is 7.92. The lowest BCUT2D eigenvalue weighted by atomic mass is 10.2. The van der Waals surface area contributed by atoms with Crippen molar-refractivity contribution in [3.63, 3.8) is 0 Å². The van der Waals surface area contributed by atoms with E-state index < -0.39 is 0 Å². The number of methoxy groups -OCH3 is 1. The molecule has 0 aliphatic rings. The molecule has 0 aliphatic heterocycles. The van der Waals surface area contributed by atoms with E-state index in [0.717, 1.165) is 47.2 Å². The SMILES string of the molecule is COc1ccc(C)cc1-n1nnnc1SCCCCCO. The number of benzene rings is 1. The van der Waals surface area contributed by atoms with Crippen LogP contribution < -0.4 is 4.74 Å². The Morgan fingerprint density at radius 3 is 2.90 bits per heavy atom. The Labute approximate surface area is 128 Å². The Hall–Kier alpha value is -1.60. The molecule has 1 aromatic heterocycles. The van der Waals surface area contributed by atoms with Gasteiger partial charge < -0.3 is 9.84 Å². The van der Waals surface area contributed by atoms with Crippen LogP contribution >= 0.6 is 11.8 Å². The van der Waals surface area contributed by atoms with Crippen LogP contribution in [0.3, 0.4) is 0 Å². The molecule has 0 amide bonds. The van der Waals surface area contributed by atoms with E-state index in [9.17, 15) is 0 Å². The molecule has 1 aromatic carbocycles. The summed E-state index contributed by atoms with van der Waals surface area (Å²) in [4.78, 5) is 0. The maximum absolute atomic E-state index is 8.77. The minimum atomic E-state index is 0.253. The highest BCUT2D eigenvalue weighted by Crippen LogP contribution is 2.27. The number of ether oxygens (including phenoxy) is 1. The van der Waals surface area contributed by atoms with Crippen LogP contribution in [0.2, 0.25) is 0 Å². The smallest absolute Gasteiger partial charge is 0.214 e. The fourth-order valence-electron chi connectivity index (χ4n) is 1.94. The summed E-state index contributed by atoms with van der Waals surface area (Å²) in [5.74, 6) is 1.67. The van der Waals surface area contributed by atoms with E-state index in [4.69, 9.17) is 9.84 Å². The predicted octanol–water partition coefficient (Wildman–Crippen LogP) is 2.23. The van der Waals surface area contributed by atoms with Gasteiger partial charge in [-0.2, -0.15) is 4.68 Å². The second-order valence-corrected chi connectivity index (χ2v) is 5.74. The molecule has 2 aromatic rings. The molecule has 0 fully saturated rings. The maximum Gasteiger partial charge on any atom is 0.214 e. The van der Waals surface area contributed by atoms with Gasteiger partial charge in [-0.3, -0.25) is 0 Å². The van der Waals surface area contributed by atoms with Crippen LogP contribution in [0.15, 0.2) is 23.4 Å². The number of aliphatic hydroxyl groups excluding tert-OH is 1. The molecule has 6 nitrogen and oxygen atoms in total. The number of hydrogen-bond acceptors (Lipinski definition) is 6. The highest BCUT2D eigenvalue weighted by molar-refractivity contribution is 7.99. The number of thioether (sulfide) groups is 1. The van der Waals surface area contributed by atoms with Gasteiger partial charge in [0.25, 0.3) is 0 Å². The van der Waals surface area contributed by atoms with E-state index >= 15 is 0 Å². The monoisotopic (exact) mass is 308 g/mol. The lowest BCUT2D eigenvalue weighted by Crippen LogP contribution is -2.02. The van der Waals surface area contributed by atoms with Crippen LogP contribution in [0.25, 0.3) is 5.69 Å². The van der Waals surface area contributed by atoms with Gasteiger partial charge in [0.05, 0.1) is 7.11 Å². The molecule has 0 saturated carbocycles. The normalized spacial score (nSPS) is 10.8. The largest absolute Gasteiger partial charge is 0.494 e. The summed E-state index contributed by atoms with van der Waals surface area (Å²) < 4.78 is 7.09. The average molecular weight is 308 g/mol. The summed E-state index contributed by atoms with van der Waals surface area (Å²) in [6.45, 7) is 2.28. The molecule has 0 aliphatic carbocycles. The number of hydrogen-bond donors (Lipinski definition) is 1. The number of aryl methyl sites for hydroxylation is 1. The van der Waals surface area contributed by atoms with Gasteiger partial charge in [-0.25, -0.2) is 0 Å². The van der Waals surface area contributed by atoms with E-state index in [2.05, 4.69) is 15.5 Å². The van der Waals surface area contributed by atoms with E-state index in [1.54, 1.807) is 23.6 Å². The number of tetrazole rings is 1. The zero-order valence-corrected chi connectivity index (χ0v) is 13.1. The third kappa shape index (κ3) is 4.18. The molecule has 21 heavy (non-hydrogen) atoms. The lowest BCUT2D eigenvalue weighted by Gasteiger charge is -2.10. The zero-order valence-electron chi connectivity index (χ0n) is 12.3. The highest BCUT2D eigenvalue weighted by Gasteiger charge is 2.13. The molecule has 1 heterocycles. The molecular weight excluding hydrogens is 288 g/mol. The van der Waals surface area contributed by atoms with Gasteiger partial charge in [-0.15, -0.1) is 5.10 Å². The van der Waals surface area contributed by atoms with Crippen molar-refractivity contribution in [3.05, 3.63) is 23.8 Å². The number of aromatic nitrogens is 4. The van der Waals surface area contributed by atoms with Gasteiger partial charge in [-0.1, -0.05) is 24.2 Å².